The molecule has 1 rings (SSSR count). The smallest absolute Gasteiger partial charge is 0.324 e. The van der Waals surface area contributed by atoms with Crippen LogP contribution in [0.3, 0.4) is 0 Å². The number of carboxylic acids is 1. The Morgan fingerprint density at radius 2 is 2.50 bits per heavy atom. The first kappa shape index (κ1) is 7.84. The molecular weight excluding hydrogens is 154 g/mol. The summed E-state index contributed by atoms with van der Waals surface area (Å²) in [7, 11) is 0. The number of thiol groups is 1. The number of ether oxygens (including phenoxy) is 1. The maximum absolute atomic E-state index is 10.4. The molecule has 1 heterocycles. The van der Waals surface area contributed by atoms with Gasteiger partial charge in [-0.25, -0.2) is 4.31 Å². The van der Waals surface area contributed by atoms with Crippen molar-refractivity contribution in [3.8, 4) is 0 Å². The van der Waals surface area contributed by atoms with Crippen molar-refractivity contribution in [1.82, 2.24) is 4.31 Å². The molecule has 0 saturated carbocycles. The molecule has 1 aliphatic rings. The van der Waals surface area contributed by atoms with Crippen molar-refractivity contribution in [3.05, 3.63) is 0 Å². The van der Waals surface area contributed by atoms with Gasteiger partial charge in [0.25, 0.3) is 0 Å². The van der Waals surface area contributed by atoms with Gasteiger partial charge in [0.15, 0.2) is 0 Å². The molecule has 0 aliphatic carbocycles. The zero-order valence-corrected chi connectivity index (χ0v) is 6.25. The van der Waals surface area contributed by atoms with Crippen molar-refractivity contribution < 1.29 is 14.6 Å². The Morgan fingerprint density at radius 3 is 2.90 bits per heavy atom. The van der Waals surface area contributed by atoms with Crippen LogP contribution in [-0.2, 0) is 9.53 Å². The van der Waals surface area contributed by atoms with Gasteiger partial charge in [-0.15, -0.1) is 0 Å². The molecule has 0 aromatic heterocycles. The van der Waals surface area contributed by atoms with Crippen molar-refractivity contribution in [2.24, 2.45) is 0 Å². The van der Waals surface area contributed by atoms with Crippen molar-refractivity contribution in [2.75, 3.05) is 19.8 Å². The fourth-order valence-electron chi connectivity index (χ4n) is 0.794. The van der Waals surface area contributed by atoms with Gasteiger partial charge in [0, 0.05) is 6.54 Å². The Morgan fingerprint density at radius 1 is 1.80 bits per heavy atom. The second kappa shape index (κ2) is 3.23. The van der Waals surface area contributed by atoms with Gasteiger partial charge in [0.2, 0.25) is 0 Å². The fraction of sp³-hybridized carbons (Fsp3) is 0.800. The lowest BCUT2D eigenvalue weighted by Gasteiger charge is -2.27. The average molecular weight is 163 g/mol. The summed E-state index contributed by atoms with van der Waals surface area (Å²) in [5, 5.41) is 8.54. The molecule has 4 nitrogen and oxygen atoms in total. The van der Waals surface area contributed by atoms with Crippen LogP contribution in [0.4, 0.5) is 0 Å². The Bertz CT molecular complexity index is 141. The largest absolute Gasteiger partial charge is 0.480 e. The second-order valence-corrected chi connectivity index (χ2v) is 2.61. The first-order chi connectivity index (χ1) is 4.72. The summed E-state index contributed by atoms with van der Waals surface area (Å²) < 4.78 is 6.42. The van der Waals surface area contributed by atoms with E-state index in [1.165, 1.54) is 4.31 Å². The number of rotatable bonds is 1. The van der Waals surface area contributed by atoms with E-state index in [1.807, 2.05) is 0 Å². The van der Waals surface area contributed by atoms with Crippen LogP contribution in [0.2, 0.25) is 0 Å². The summed E-state index contributed by atoms with van der Waals surface area (Å²) in [6, 6.07) is -0.586. The van der Waals surface area contributed by atoms with Crippen LogP contribution in [0.25, 0.3) is 0 Å². The van der Waals surface area contributed by atoms with Gasteiger partial charge in [-0.05, 0) is 0 Å². The molecule has 0 spiro atoms. The molecule has 0 aromatic rings. The molecule has 5 heteroatoms. The fourth-order valence-corrected chi connectivity index (χ4v) is 1.04. The molecule has 0 aromatic carbocycles. The molecule has 1 atom stereocenters. The van der Waals surface area contributed by atoms with Crippen molar-refractivity contribution in [2.45, 2.75) is 6.04 Å². The van der Waals surface area contributed by atoms with E-state index in [0.717, 1.165) is 0 Å². The van der Waals surface area contributed by atoms with Crippen LogP contribution in [0.5, 0.6) is 0 Å². The van der Waals surface area contributed by atoms with Gasteiger partial charge in [0.1, 0.15) is 6.04 Å². The van der Waals surface area contributed by atoms with Crippen LogP contribution >= 0.6 is 12.8 Å². The molecule has 1 fully saturated rings. The lowest BCUT2D eigenvalue weighted by molar-refractivity contribution is -0.145. The highest BCUT2D eigenvalue weighted by atomic mass is 32.1. The quantitative estimate of drug-likeness (QED) is 0.517. The van der Waals surface area contributed by atoms with Crippen LogP contribution < -0.4 is 0 Å². The third kappa shape index (κ3) is 1.62. The Hall–Kier alpha value is -0.260. The van der Waals surface area contributed by atoms with Gasteiger partial charge in [0.05, 0.1) is 13.2 Å². The first-order valence-corrected chi connectivity index (χ1v) is 3.38. The normalized spacial score (nSPS) is 28.3. The number of carbonyl (C=O) groups is 1. The van der Waals surface area contributed by atoms with Crippen molar-refractivity contribution >= 4 is 18.8 Å². The van der Waals surface area contributed by atoms with E-state index >= 15 is 0 Å². The summed E-state index contributed by atoms with van der Waals surface area (Å²) >= 11 is 3.97. The molecule has 10 heavy (non-hydrogen) atoms. The predicted octanol–water partition coefficient (Wildman–Crippen LogP) is -0.383. The van der Waals surface area contributed by atoms with E-state index < -0.39 is 12.0 Å². The molecule has 1 saturated heterocycles. The summed E-state index contributed by atoms with van der Waals surface area (Å²) in [5.41, 5.74) is 0. The average Bonchev–Trinajstić information content (AvgIpc) is 1.88. The molecule has 1 unspecified atom stereocenters. The van der Waals surface area contributed by atoms with Crippen molar-refractivity contribution in [1.29, 1.82) is 0 Å². The topological polar surface area (TPSA) is 49.8 Å². The molecule has 0 amide bonds. The second-order valence-electron chi connectivity index (χ2n) is 2.09. The lowest BCUT2D eigenvalue weighted by atomic mass is 10.3. The third-order valence-corrected chi connectivity index (χ3v) is 1.86. The minimum Gasteiger partial charge on any atom is -0.480 e. The maximum atomic E-state index is 10.4. The Labute approximate surface area is 64.3 Å². The highest BCUT2D eigenvalue weighted by molar-refractivity contribution is 7.77. The summed E-state index contributed by atoms with van der Waals surface area (Å²) in [6.45, 7) is 1.37. The maximum Gasteiger partial charge on any atom is 0.324 e. The molecule has 0 bridgehead atoms. The number of hydrogen-bond donors (Lipinski definition) is 2. The van der Waals surface area contributed by atoms with Crippen LogP contribution in [0.15, 0.2) is 0 Å². The minimum atomic E-state index is -0.880. The van der Waals surface area contributed by atoms with E-state index in [1.54, 1.807) is 0 Å². The third-order valence-electron chi connectivity index (χ3n) is 1.39. The predicted molar refractivity (Wildman–Crippen MR) is 37.9 cm³/mol. The summed E-state index contributed by atoms with van der Waals surface area (Å²) in [6.07, 6.45) is 0. The zero-order valence-electron chi connectivity index (χ0n) is 5.36. The van der Waals surface area contributed by atoms with E-state index in [9.17, 15) is 4.79 Å². The van der Waals surface area contributed by atoms with Gasteiger partial charge in [-0.1, -0.05) is 12.8 Å². The molecule has 58 valence electrons. The Kier molecular flexibility index (Phi) is 2.53. The summed E-state index contributed by atoms with van der Waals surface area (Å²) in [5.74, 6) is -0.880. The van der Waals surface area contributed by atoms with Crippen LogP contribution in [-0.4, -0.2) is 41.2 Å². The number of aliphatic carboxylic acids is 1. The number of hydrogen-bond acceptors (Lipinski definition) is 4. The number of carboxylic acid groups (broad SMARTS) is 1. The van der Waals surface area contributed by atoms with Gasteiger partial charge in [-0.2, -0.15) is 0 Å². The molecule has 0 radical (unpaired) electrons. The van der Waals surface area contributed by atoms with Crippen molar-refractivity contribution in [3.63, 3.8) is 0 Å². The minimum absolute atomic E-state index is 0.235. The molecular formula is C5H9NO3S. The van der Waals surface area contributed by atoms with E-state index in [2.05, 4.69) is 12.8 Å². The number of nitrogens with zero attached hydrogens (tertiary/aromatic N) is 1. The van der Waals surface area contributed by atoms with Crippen LogP contribution in [0, 0.1) is 0 Å². The molecule has 1 aliphatic heterocycles. The van der Waals surface area contributed by atoms with E-state index in [0.29, 0.717) is 13.2 Å². The first-order valence-electron chi connectivity index (χ1n) is 2.98. The lowest BCUT2D eigenvalue weighted by Crippen LogP contribution is -2.44. The van der Waals surface area contributed by atoms with Gasteiger partial charge >= 0.3 is 5.97 Å². The SMILES string of the molecule is O=C(O)C1COCCN1S. The highest BCUT2D eigenvalue weighted by Crippen LogP contribution is 2.08. The standard InChI is InChI=1S/C5H9NO3S/c7-5(8)4-3-9-2-1-6(4)10/h4,10H,1-3H2,(H,7,8). The van der Waals surface area contributed by atoms with Crippen LogP contribution in [0.1, 0.15) is 0 Å². The Balaban J connectivity index is 2.47. The van der Waals surface area contributed by atoms with Gasteiger partial charge < -0.3 is 9.84 Å². The van der Waals surface area contributed by atoms with Gasteiger partial charge in [-0.3, -0.25) is 4.79 Å². The monoisotopic (exact) mass is 163 g/mol. The zero-order chi connectivity index (χ0) is 7.56. The summed E-state index contributed by atoms with van der Waals surface area (Å²) in [4.78, 5) is 10.4. The molecule has 1 N–H and O–H groups in total. The highest BCUT2D eigenvalue weighted by Gasteiger charge is 2.26. The van der Waals surface area contributed by atoms with E-state index in [-0.39, 0.29) is 6.61 Å². The number of morpholine rings is 1. The van der Waals surface area contributed by atoms with E-state index in [4.69, 9.17) is 9.84 Å².